The monoisotopic (exact) mass is 170 g/mol. The highest BCUT2D eigenvalue weighted by Gasteiger charge is 2.25. The van der Waals surface area contributed by atoms with Gasteiger partial charge < -0.3 is 9.47 Å². The minimum atomic E-state index is 0.0712. The Morgan fingerprint density at radius 2 is 2.33 bits per heavy atom. The maximum atomic E-state index is 11.0. The Morgan fingerprint density at radius 1 is 1.58 bits per heavy atom. The molecule has 0 amide bonds. The van der Waals surface area contributed by atoms with Crippen LogP contribution in [0.5, 0.6) is 0 Å². The maximum Gasteiger partial charge on any atom is 0.158 e. The second kappa shape index (κ2) is 4.38. The molecule has 2 atom stereocenters. The van der Waals surface area contributed by atoms with Crippen molar-refractivity contribution in [2.24, 2.45) is 11.8 Å². The molecule has 12 heavy (non-hydrogen) atoms. The van der Waals surface area contributed by atoms with Crippen molar-refractivity contribution in [2.45, 2.75) is 6.92 Å². The highest BCUT2D eigenvalue weighted by atomic mass is 16.7. The van der Waals surface area contributed by atoms with E-state index in [1.165, 1.54) is 0 Å². The summed E-state index contributed by atoms with van der Waals surface area (Å²) >= 11 is 0. The third kappa shape index (κ3) is 2.16. The predicted octanol–water partition coefficient (Wildman–Crippen LogP) is 0.998. The topological polar surface area (TPSA) is 35.5 Å². The van der Waals surface area contributed by atoms with Gasteiger partial charge in [0.1, 0.15) is 6.79 Å². The fraction of sp³-hybridized carbons (Fsp3) is 0.667. The Balaban J connectivity index is 2.25. The van der Waals surface area contributed by atoms with Crippen LogP contribution in [0.25, 0.3) is 0 Å². The van der Waals surface area contributed by atoms with Crippen LogP contribution in [0.15, 0.2) is 12.2 Å². The molecule has 1 rings (SSSR count). The van der Waals surface area contributed by atoms with Crippen molar-refractivity contribution in [1.82, 2.24) is 0 Å². The molecule has 0 aromatic carbocycles. The van der Waals surface area contributed by atoms with Gasteiger partial charge >= 0.3 is 0 Å². The van der Waals surface area contributed by atoms with Crippen LogP contribution < -0.4 is 0 Å². The Labute approximate surface area is 72.4 Å². The minimum Gasteiger partial charge on any atom is -0.359 e. The van der Waals surface area contributed by atoms with E-state index in [9.17, 15) is 4.79 Å². The molecule has 0 aromatic heterocycles. The fourth-order valence-corrected chi connectivity index (χ4v) is 1.22. The molecule has 3 heteroatoms. The van der Waals surface area contributed by atoms with Gasteiger partial charge in [-0.15, -0.1) is 0 Å². The van der Waals surface area contributed by atoms with E-state index in [-0.39, 0.29) is 17.6 Å². The lowest BCUT2D eigenvalue weighted by Crippen LogP contribution is -2.17. The second-order valence-corrected chi connectivity index (χ2v) is 2.99. The van der Waals surface area contributed by atoms with Crippen LogP contribution >= 0.6 is 0 Å². The number of hydrogen-bond donors (Lipinski definition) is 0. The van der Waals surface area contributed by atoms with E-state index in [0.717, 1.165) is 0 Å². The van der Waals surface area contributed by atoms with Crippen molar-refractivity contribution in [2.75, 3.05) is 20.5 Å². The summed E-state index contributed by atoms with van der Waals surface area (Å²) in [5.41, 5.74) is 0. The van der Waals surface area contributed by atoms with Crippen LogP contribution in [-0.4, -0.2) is 26.3 Å². The summed E-state index contributed by atoms with van der Waals surface area (Å²) in [6, 6.07) is 0. The van der Waals surface area contributed by atoms with Gasteiger partial charge in [-0.25, -0.2) is 0 Å². The van der Waals surface area contributed by atoms with Crippen LogP contribution in [-0.2, 0) is 14.3 Å². The van der Waals surface area contributed by atoms with Gasteiger partial charge in [-0.05, 0) is 6.08 Å². The van der Waals surface area contributed by atoms with Gasteiger partial charge in [0.2, 0.25) is 0 Å². The number of rotatable bonds is 4. The number of ketones is 1. The number of carbonyl (C=O) groups excluding carboxylic acids is 1. The molecule has 68 valence electrons. The number of methoxy groups -OCH3 is 1. The third-order valence-corrected chi connectivity index (χ3v) is 2.11. The molecular formula is C9H14O3. The summed E-state index contributed by atoms with van der Waals surface area (Å²) in [4.78, 5) is 11.0. The molecule has 0 unspecified atom stereocenters. The Bertz CT molecular complexity index is 186. The summed E-state index contributed by atoms with van der Waals surface area (Å²) in [5.74, 6) is 0.496. The van der Waals surface area contributed by atoms with Gasteiger partial charge in [0, 0.05) is 18.9 Å². The first-order chi connectivity index (χ1) is 5.75. The van der Waals surface area contributed by atoms with Crippen LogP contribution in [0.3, 0.4) is 0 Å². The number of allylic oxidation sites excluding steroid dienone is 1. The number of ether oxygens (including phenoxy) is 2. The Morgan fingerprint density at radius 3 is 2.83 bits per heavy atom. The summed E-state index contributed by atoms with van der Waals surface area (Å²) < 4.78 is 9.89. The van der Waals surface area contributed by atoms with E-state index in [1.807, 2.05) is 13.0 Å². The van der Waals surface area contributed by atoms with Crippen LogP contribution in [0.2, 0.25) is 0 Å². The van der Waals surface area contributed by atoms with Crippen molar-refractivity contribution in [3.05, 3.63) is 12.2 Å². The predicted molar refractivity (Wildman–Crippen MR) is 44.6 cm³/mol. The summed E-state index contributed by atoms with van der Waals surface area (Å²) in [6.07, 6.45) is 3.54. The van der Waals surface area contributed by atoms with Crippen LogP contribution in [0.1, 0.15) is 6.92 Å². The molecule has 0 N–H and O–H groups in total. The van der Waals surface area contributed by atoms with E-state index >= 15 is 0 Å². The lowest BCUT2D eigenvalue weighted by molar-refractivity contribution is -0.119. The molecule has 3 nitrogen and oxygen atoms in total. The maximum absolute atomic E-state index is 11.0. The molecule has 0 aliphatic heterocycles. The van der Waals surface area contributed by atoms with Crippen molar-refractivity contribution in [3.63, 3.8) is 0 Å². The van der Waals surface area contributed by atoms with Crippen molar-refractivity contribution >= 4 is 5.78 Å². The third-order valence-electron chi connectivity index (χ3n) is 2.11. The molecule has 0 heterocycles. The van der Waals surface area contributed by atoms with E-state index in [1.54, 1.807) is 13.2 Å². The number of hydrogen-bond acceptors (Lipinski definition) is 3. The van der Waals surface area contributed by atoms with Crippen LogP contribution in [0.4, 0.5) is 0 Å². The molecule has 0 spiro atoms. The number of carbonyl (C=O) groups is 1. The molecule has 0 fully saturated rings. The highest BCUT2D eigenvalue weighted by Crippen LogP contribution is 2.21. The average Bonchev–Trinajstić information content (AvgIpc) is 2.36. The first-order valence-electron chi connectivity index (χ1n) is 4.04. The van der Waals surface area contributed by atoms with E-state index < -0.39 is 0 Å². The molecule has 0 saturated heterocycles. The normalized spacial score (nSPS) is 28.3. The Kier molecular flexibility index (Phi) is 3.44. The fourth-order valence-electron chi connectivity index (χ4n) is 1.22. The molecule has 0 aromatic rings. The zero-order valence-corrected chi connectivity index (χ0v) is 7.45. The van der Waals surface area contributed by atoms with Gasteiger partial charge in [0.15, 0.2) is 5.78 Å². The summed E-state index contributed by atoms with van der Waals surface area (Å²) in [7, 11) is 1.58. The SMILES string of the molecule is COCOC[C@H]1C=CC(=O)[C@H]1C. The lowest BCUT2D eigenvalue weighted by atomic mass is 9.98. The molecule has 0 saturated carbocycles. The zero-order chi connectivity index (χ0) is 8.97. The van der Waals surface area contributed by atoms with Gasteiger partial charge in [-0.2, -0.15) is 0 Å². The lowest BCUT2D eigenvalue weighted by Gasteiger charge is -2.12. The molecule has 0 radical (unpaired) electrons. The van der Waals surface area contributed by atoms with Crippen LogP contribution in [0, 0.1) is 11.8 Å². The standard InChI is InChI=1S/C9H14O3/c1-7-8(3-4-9(7)10)5-12-6-11-2/h3-4,7-8H,5-6H2,1-2H3/t7-,8+/m0/s1. The summed E-state index contributed by atoms with van der Waals surface area (Å²) in [6.45, 7) is 2.78. The van der Waals surface area contributed by atoms with Crippen molar-refractivity contribution in [3.8, 4) is 0 Å². The first-order valence-corrected chi connectivity index (χ1v) is 4.04. The second-order valence-electron chi connectivity index (χ2n) is 2.99. The van der Waals surface area contributed by atoms with Crippen molar-refractivity contribution < 1.29 is 14.3 Å². The molecular weight excluding hydrogens is 156 g/mol. The average molecular weight is 170 g/mol. The van der Waals surface area contributed by atoms with Gasteiger partial charge in [-0.3, -0.25) is 4.79 Å². The smallest absolute Gasteiger partial charge is 0.158 e. The minimum absolute atomic E-state index is 0.0712. The van der Waals surface area contributed by atoms with E-state index in [2.05, 4.69) is 0 Å². The highest BCUT2D eigenvalue weighted by molar-refractivity contribution is 5.94. The quantitative estimate of drug-likeness (QED) is 0.466. The van der Waals surface area contributed by atoms with Gasteiger partial charge in [0.05, 0.1) is 6.61 Å². The largest absolute Gasteiger partial charge is 0.359 e. The summed E-state index contributed by atoms with van der Waals surface area (Å²) in [5, 5.41) is 0. The molecule has 1 aliphatic carbocycles. The van der Waals surface area contributed by atoms with E-state index in [4.69, 9.17) is 9.47 Å². The van der Waals surface area contributed by atoms with Gasteiger partial charge in [-0.1, -0.05) is 13.0 Å². The van der Waals surface area contributed by atoms with Crippen molar-refractivity contribution in [1.29, 1.82) is 0 Å². The molecule has 0 bridgehead atoms. The first kappa shape index (κ1) is 9.42. The van der Waals surface area contributed by atoms with Gasteiger partial charge in [0.25, 0.3) is 0 Å². The Hall–Kier alpha value is -0.670. The zero-order valence-electron chi connectivity index (χ0n) is 7.45. The van der Waals surface area contributed by atoms with E-state index in [0.29, 0.717) is 13.4 Å². The molecule has 1 aliphatic rings.